The molecule has 22 heavy (non-hydrogen) atoms. The van der Waals surface area contributed by atoms with Crippen molar-refractivity contribution >= 4 is 17.8 Å². The summed E-state index contributed by atoms with van der Waals surface area (Å²) in [5, 5.41) is 10.4. The Kier molecular flexibility index (Phi) is 4.69. The third-order valence-electron chi connectivity index (χ3n) is 3.52. The standard InChI is InChI=1S/C14H17N3O5/c1-7(18)15-9-6-4-5-8-10(9)12(14(20)22-3)17-16-11(8)13(19)21-2/h9H,4-6H2,1-3H3,(H,15,18). The number of nitrogens with zero attached hydrogens (tertiary/aromatic N) is 2. The van der Waals surface area contributed by atoms with Crippen molar-refractivity contribution in [3.8, 4) is 0 Å². The Bertz CT molecular complexity index is 629. The van der Waals surface area contributed by atoms with Gasteiger partial charge in [-0.25, -0.2) is 9.59 Å². The fraction of sp³-hybridized carbons (Fsp3) is 0.500. The number of esters is 2. The number of methoxy groups -OCH3 is 2. The van der Waals surface area contributed by atoms with Crippen molar-refractivity contribution in [1.82, 2.24) is 15.5 Å². The number of nitrogens with one attached hydrogen (secondary N) is 1. The number of amides is 1. The zero-order valence-electron chi connectivity index (χ0n) is 12.6. The van der Waals surface area contributed by atoms with Crippen LogP contribution in [0.5, 0.6) is 0 Å². The second-order valence-corrected chi connectivity index (χ2v) is 4.92. The van der Waals surface area contributed by atoms with E-state index in [1.54, 1.807) is 0 Å². The van der Waals surface area contributed by atoms with Crippen LogP contribution in [0.1, 0.15) is 57.9 Å². The second kappa shape index (κ2) is 6.50. The van der Waals surface area contributed by atoms with Crippen molar-refractivity contribution in [1.29, 1.82) is 0 Å². The van der Waals surface area contributed by atoms with Crippen molar-refractivity contribution < 1.29 is 23.9 Å². The van der Waals surface area contributed by atoms with Crippen LogP contribution in [0.15, 0.2) is 0 Å². The second-order valence-electron chi connectivity index (χ2n) is 4.92. The minimum absolute atomic E-state index is 0.0172. The molecular formula is C14H17N3O5. The van der Waals surface area contributed by atoms with E-state index in [0.717, 1.165) is 6.42 Å². The van der Waals surface area contributed by atoms with Gasteiger partial charge in [-0.1, -0.05) is 0 Å². The van der Waals surface area contributed by atoms with Gasteiger partial charge in [-0.2, -0.15) is 0 Å². The van der Waals surface area contributed by atoms with E-state index in [4.69, 9.17) is 9.47 Å². The zero-order chi connectivity index (χ0) is 16.3. The summed E-state index contributed by atoms with van der Waals surface area (Å²) in [5.74, 6) is -1.51. The molecule has 1 aromatic rings. The summed E-state index contributed by atoms with van der Waals surface area (Å²) in [6.07, 6.45) is 1.94. The molecule has 1 amide bonds. The van der Waals surface area contributed by atoms with Gasteiger partial charge in [0, 0.05) is 12.5 Å². The van der Waals surface area contributed by atoms with Gasteiger partial charge in [0.05, 0.1) is 20.3 Å². The molecule has 0 aliphatic heterocycles. The van der Waals surface area contributed by atoms with E-state index >= 15 is 0 Å². The van der Waals surface area contributed by atoms with Crippen molar-refractivity contribution in [2.45, 2.75) is 32.2 Å². The van der Waals surface area contributed by atoms with Crippen LogP contribution >= 0.6 is 0 Å². The molecule has 1 heterocycles. The highest BCUT2D eigenvalue weighted by Crippen LogP contribution is 2.33. The number of carbonyl (C=O) groups is 3. The molecule has 1 aliphatic rings. The van der Waals surface area contributed by atoms with Crippen LogP contribution in [0.25, 0.3) is 0 Å². The molecule has 0 saturated carbocycles. The first-order valence-electron chi connectivity index (χ1n) is 6.82. The highest BCUT2D eigenvalue weighted by molar-refractivity contribution is 5.93. The van der Waals surface area contributed by atoms with E-state index < -0.39 is 18.0 Å². The summed E-state index contributed by atoms with van der Waals surface area (Å²) < 4.78 is 9.41. The lowest BCUT2D eigenvalue weighted by molar-refractivity contribution is -0.119. The number of hydrogen-bond donors (Lipinski definition) is 1. The molecule has 8 heteroatoms. The van der Waals surface area contributed by atoms with Crippen LogP contribution in [-0.4, -0.2) is 42.3 Å². The first-order chi connectivity index (χ1) is 10.5. The molecule has 8 nitrogen and oxygen atoms in total. The molecule has 0 saturated heterocycles. The smallest absolute Gasteiger partial charge is 0.358 e. The Morgan fingerprint density at radius 2 is 1.68 bits per heavy atom. The van der Waals surface area contributed by atoms with E-state index in [-0.39, 0.29) is 17.3 Å². The maximum absolute atomic E-state index is 11.9. The molecule has 1 unspecified atom stereocenters. The average Bonchev–Trinajstić information content (AvgIpc) is 2.52. The van der Waals surface area contributed by atoms with E-state index in [1.807, 2.05) is 0 Å². The van der Waals surface area contributed by atoms with Crippen LogP contribution in [-0.2, 0) is 20.7 Å². The number of fused-ring (bicyclic) bond motifs is 1. The molecule has 0 spiro atoms. The first kappa shape index (κ1) is 15.9. The van der Waals surface area contributed by atoms with Gasteiger partial charge in [0.2, 0.25) is 5.91 Å². The predicted molar refractivity (Wildman–Crippen MR) is 74.2 cm³/mol. The number of ether oxygens (including phenoxy) is 2. The van der Waals surface area contributed by atoms with Crippen molar-refractivity contribution in [3.63, 3.8) is 0 Å². The van der Waals surface area contributed by atoms with E-state index in [1.165, 1.54) is 21.1 Å². The van der Waals surface area contributed by atoms with E-state index in [9.17, 15) is 14.4 Å². The summed E-state index contributed by atoms with van der Waals surface area (Å²) in [4.78, 5) is 35.1. The fourth-order valence-electron chi connectivity index (χ4n) is 2.64. The van der Waals surface area contributed by atoms with Gasteiger partial charge in [0.1, 0.15) is 0 Å². The van der Waals surface area contributed by atoms with E-state index in [0.29, 0.717) is 24.0 Å². The number of carbonyl (C=O) groups excluding carboxylic acids is 3. The lowest BCUT2D eigenvalue weighted by Crippen LogP contribution is -2.33. The number of aromatic nitrogens is 2. The Morgan fingerprint density at radius 1 is 1.09 bits per heavy atom. The van der Waals surface area contributed by atoms with Gasteiger partial charge in [-0.3, -0.25) is 4.79 Å². The Morgan fingerprint density at radius 3 is 2.27 bits per heavy atom. The summed E-state index contributed by atoms with van der Waals surface area (Å²) in [6, 6.07) is -0.408. The topological polar surface area (TPSA) is 107 Å². The fourth-order valence-corrected chi connectivity index (χ4v) is 2.64. The van der Waals surface area contributed by atoms with Gasteiger partial charge in [0.25, 0.3) is 0 Å². The van der Waals surface area contributed by atoms with Crippen LogP contribution in [0.2, 0.25) is 0 Å². The van der Waals surface area contributed by atoms with Crippen molar-refractivity contribution in [2.75, 3.05) is 14.2 Å². The van der Waals surface area contributed by atoms with Gasteiger partial charge >= 0.3 is 11.9 Å². The molecule has 0 fully saturated rings. The summed E-state index contributed by atoms with van der Waals surface area (Å²) in [6.45, 7) is 1.39. The summed E-state index contributed by atoms with van der Waals surface area (Å²) in [7, 11) is 2.49. The molecule has 2 rings (SSSR count). The van der Waals surface area contributed by atoms with Crippen LogP contribution in [0, 0.1) is 0 Å². The normalized spacial score (nSPS) is 16.4. The average molecular weight is 307 g/mol. The largest absolute Gasteiger partial charge is 0.464 e. The highest BCUT2D eigenvalue weighted by atomic mass is 16.5. The molecule has 118 valence electrons. The third-order valence-corrected chi connectivity index (χ3v) is 3.52. The van der Waals surface area contributed by atoms with Crippen molar-refractivity contribution in [2.24, 2.45) is 0 Å². The lowest BCUT2D eigenvalue weighted by atomic mass is 9.85. The molecule has 1 atom stereocenters. The lowest BCUT2D eigenvalue weighted by Gasteiger charge is -2.27. The monoisotopic (exact) mass is 307 g/mol. The molecular weight excluding hydrogens is 290 g/mol. The quantitative estimate of drug-likeness (QED) is 0.813. The van der Waals surface area contributed by atoms with Gasteiger partial charge < -0.3 is 14.8 Å². The molecule has 1 N–H and O–H groups in total. The molecule has 0 radical (unpaired) electrons. The molecule has 1 aromatic heterocycles. The van der Waals surface area contributed by atoms with Crippen LogP contribution < -0.4 is 5.32 Å². The maximum atomic E-state index is 11.9. The Balaban J connectivity index is 2.62. The first-order valence-corrected chi connectivity index (χ1v) is 6.82. The van der Waals surface area contributed by atoms with Crippen LogP contribution in [0.3, 0.4) is 0 Å². The van der Waals surface area contributed by atoms with Gasteiger partial charge in [-0.05, 0) is 24.8 Å². The number of hydrogen-bond acceptors (Lipinski definition) is 7. The maximum Gasteiger partial charge on any atom is 0.358 e. The Labute approximate surface area is 127 Å². The van der Waals surface area contributed by atoms with Crippen molar-refractivity contribution in [3.05, 3.63) is 22.5 Å². The van der Waals surface area contributed by atoms with E-state index in [2.05, 4.69) is 15.5 Å². The van der Waals surface area contributed by atoms with Gasteiger partial charge in [0.15, 0.2) is 11.4 Å². The molecule has 0 bridgehead atoms. The predicted octanol–water partition coefficient (Wildman–Crippen LogP) is 0.563. The summed E-state index contributed by atoms with van der Waals surface area (Å²) >= 11 is 0. The minimum atomic E-state index is -0.655. The summed E-state index contributed by atoms with van der Waals surface area (Å²) in [5.41, 5.74) is 1.15. The minimum Gasteiger partial charge on any atom is -0.464 e. The Hall–Kier alpha value is -2.51. The molecule has 0 aromatic carbocycles. The zero-order valence-corrected chi connectivity index (χ0v) is 12.6. The third kappa shape index (κ3) is 2.90. The number of rotatable bonds is 3. The molecule has 1 aliphatic carbocycles. The SMILES string of the molecule is COC(=O)c1nnc(C(=O)OC)c2c1CCCC2NC(C)=O. The van der Waals surface area contributed by atoms with Gasteiger partial charge in [-0.15, -0.1) is 10.2 Å². The highest BCUT2D eigenvalue weighted by Gasteiger charge is 2.32. The van der Waals surface area contributed by atoms with Crippen LogP contribution in [0.4, 0.5) is 0 Å².